The van der Waals surface area contributed by atoms with E-state index in [4.69, 9.17) is 4.74 Å². The number of ketones is 1. The van der Waals surface area contributed by atoms with E-state index < -0.39 is 11.4 Å². The molecule has 5 heteroatoms. The van der Waals surface area contributed by atoms with E-state index in [-0.39, 0.29) is 5.78 Å². The van der Waals surface area contributed by atoms with Crippen molar-refractivity contribution in [2.24, 2.45) is 5.41 Å². The van der Waals surface area contributed by atoms with Gasteiger partial charge in [-0.1, -0.05) is 0 Å². The van der Waals surface area contributed by atoms with Gasteiger partial charge in [0.15, 0.2) is 5.78 Å². The molecule has 0 spiro atoms. The highest BCUT2D eigenvalue weighted by Gasteiger charge is 2.38. The zero-order valence-electron chi connectivity index (χ0n) is 12.9. The summed E-state index contributed by atoms with van der Waals surface area (Å²) in [5.41, 5.74) is -1.04. The number of hydrogen-bond donors (Lipinski definition) is 0. The summed E-state index contributed by atoms with van der Waals surface area (Å²) in [4.78, 5) is 28.8. The summed E-state index contributed by atoms with van der Waals surface area (Å²) >= 11 is 0. The fraction of sp³-hybridized carbons (Fsp3) is 0.867. The third kappa shape index (κ3) is 3.58. The largest absolute Gasteiger partial charge is 0.465 e. The van der Waals surface area contributed by atoms with Crippen molar-refractivity contribution in [2.75, 3.05) is 39.3 Å². The second-order valence-electron chi connectivity index (χ2n) is 6.31. The van der Waals surface area contributed by atoms with Crippen LogP contribution in [0.5, 0.6) is 0 Å². The van der Waals surface area contributed by atoms with E-state index in [0.29, 0.717) is 13.2 Å². The van der Waals surface area contributed by atoms with Crippen molar-refractivity contribution in [2.45, 2.75) is 39.7 Å². The molecule has 1 heterocycles. The SMILES string of the molecule is CCOC(=O)C(C)(C)C(=O)CN1CCN(C2CC2)CC1. The molecule has 0 aromatic rings. The number of carbonyl (C=O) groups is 2. The predicted octanol–water partition coefficient (Wildman–Crippen LogP) is 0.925. The third-order valence-corrected chi connectivity index (χ3v) is 4.32. The predicted molar refractivity (Wildman–Crippen MR) is 76.5 cm³/mol. The molecule has 1 aliphatic carbocycles. The van der Waals surface area contributed by atoms with Gasteiger partial charge in [-0.25, -0.2) is 0 Å². The van der Waals surface area contributed by atoms with Gasteiger partial charge in [0.2, 0.25) is 0 Å². The van der Waals surface area contributed by atoms with Crippen LogP contribution in [0.2, 0.25) is 0 Å². The quantitative estimate of drug-likeness (QED) is 0.536. The smallest absolute Gasteiger partial charge is 0.319 e. The lowest BCUT2D eigenvalue weighted by Gasteiger charge is -2.35. The second-order valence-corrected chi connectivity index (χ2v) is 6.31. The van der Waals surface area contributed by atoms with Gasteiger partial charge in [-0.05, 0) is 33.6 Å². The van der Waals surface area contributed by atoms with Crippen LogP contribution in [-0.4, -0.2) is 66.9 Å². The maximum absolute atomic E-state index is 12.3. The highest BCUT2D eigenvalue weighted by Crippen LogP contribution is 2.27. The number of carbonyl (C=O) groups excluding carboxylic acids is 2. The van der Waals surface area contributed by atoms with Crippen LogP contribution < -0.4 is 0 Å². The summed E-state index contributed by atoms with van der Waals surface area (Å²) < 4.78 is 4.99. The zero-order valence-corrected chi connectivity index (χ0v) is 12.9. The van der Waals surface area contributed by atoms with Crippen molar-refractivity contribution in [1.29, 1.82) is 0 Å². The number of nitrogens with zero attached hydrogens (tertiary/aromatic N) is 2. The Balaban J connectivity index is 1.80. The highest BCUT2D eigenvalue weighted by molar-refractivity contribution is 6.03. The molecule has 0 amide bonds. The van der Waals surface area contributed by atoms with Crippen LogP contribution in [0.15, 0.2) is 0 Å². The van der Waals surface area contributed by atoms with Gasteiger partial charge in [-0.15, -0.1) is 0 Å². The second kappa shape index (κ2) is 6.22. The Morgan fingerprint density at radius 3 is 2.25 bits per heavy atom. The van der Waals surface area contributed by atoms with Crippen molar-refractivity contribution >= 4 is 11.8 Å². The number of piperazine rings is 1. The van der Waals surface area contributed by atoms with Gasteiger partial charge in [0.05, 0.1) is 13.2 Å². The van der Waals surface area contributed by atoms with E-state index in [2.05, 4.69) is 9.80 Å². The minimum absolute atomic E-state index is 0.0455. The molecule has 114 valence electrons. The van der Waals surface area contributed by atoms with E-state index >= 15 is 0 Å². The van der Waals surface area contributed by atoms with Gasteiger partial charge in [-0.3, -0.25) is 19.4 Å². The Morgan fingerprint density at radius 1 is 1.15 bits per heavy atom. The van der Waals surface area contributed by atoms with Gasteiger partial charge < -0.3 is 4.74 Å². The molecule has 5 nitrogen and oxygen atoms in total. The molecule has 0 bridgehead atoms. The Kier molecular flexibility index (Phi) is 4.81. The summed E-state index contributed by atoms with van der Waals surface area (Å²) in [6, 6.07) is 0.795. The molecular weight excluding hydrogens is 256 g/mol. The molecule has 1 saturated carbocycles. The molecule has 1 aliphatic heterocycles. The summed E-state index contributed by atoms with van der Waals surface area (Å²) in [5.74, 6) is -0.461. The molecular formula is C15H26N2O3. The van der Waals surface area contributed by atoms with Gasteiger partial charge in [0.1, 0.15) is 5.41 Å². The van der Waals surface area contributed by atoms with Crippen LogP contribution >= 0.6 is 0 Å². The topological polar surface area (TPSA) is 49.9 Å². The third-order valence-electron chi connectivity index (χ3n) is 4.32. The first-order chi connectivity index (χ1) is 9.45. The Hall–Kier alpha value is -0.940. The molecule has 0 aromatic carbocycles. The molecule has 0 radical (unpaired) electrons. The molecule has 2 aliphatic rings. The first-order valence-electron chi connectivity index (χ1n) is 7.62. The number of Topliss-reactive ketones (excluding diaryl/α,β-unsaturated/α-hetero) is 1. The van der Waals surface area contributed by atoms with E-state index in [1.807, 2.05) is 0 Å². The van der Waals surface area contributed by atoms with Gasteiger partial charge >= 0.3 is 5.97 Å². The normalized spacial score (nSPS) is 21.8. The van der Waals surface area contributed by atoms with Crippen LogP contribution in [0.25, 0.3) is 0 Å². The fourth-order valence-corrected chi connectivity index (χ4v) is 2.55. The van der Waals surface area contributed by atoms with Crippen LogP contribution in [0.4, 0.5) is 0 Å². The lowest BCUT2D eigenvalue weighted by molar-refractivity contribution is -0.158. The Bertz CT molecular complexity index is 369. The number of hydrogen-bond acceptors (Lipinski definition) is 5. The number of ether oxygens (including phenoxy) is 1. The molecule has 0 unspecified atom stereocenters. The van der Waals surface area contributed by atoms with Crippen molar-refractivity contribution in [3.63, 3.8) is 0 Å². The molecule has 1 saturated heterocycles. The van der Waals surface area contributed by atoms with Crippen LogP contribution in [0.1, 0.15) is 33.6 Å². The highest BCUT2D eigenvalue weighted by atomic mass is 16.5. The Morgan fingerprint density at radius 2 is 1.75 bits per heavy atom. The fourth-order valence-electron chi connectivity index (χ4n) is 2.55. The van der Waals surface area contributed by atoms with E-state index in [1.54, 1.807) is 20.8 Å². The minimum atomic E-state index is -1.04. The maximum atomic E-state index is 12.3. The van der Waals surface area contributed by atoms with Crippen LogP contribution in [0, 0.1) is 5.41 Å². The molecule has 0 atom stereocenters. The Labute approximate surface area is 121 Å². The van der Waals surface area contributed by atoms with Gasteiger partial charge in [-0.2, -0.15) is 0 Å². The minimum Gasteiger partial charge on any atom is -0.465 e. The average Bonchev–Trinajstić information content (AvgIpc) is 3.24. The molecule has 2 fully saturated rings. The standard InChI is InChI=1S/C15H26N2O3/c1-4-20-14(19)15(2,3)13(18)11-16-7-9-17(10-8-16)12-5-6-12/h12H,4-11H2,1-3H3. The van der Waals surface area contributed by atoms with Crippen LogP contribution in [-0.2, 0) is 14.3 Å². The van der Waals surface area contributed by atoms with Gasteiger partial charge in [0.25, 0.3) is 0 Å². The van der Waals surface area contributed by atoms with E-state index in [1.165, 1.54) is 12.8 Å². The van der Waals surface area contributed by atoms with Gasteiger partial charge in [0, 0.05) is 32.2 Å². The van der Waals surface area contributed by atoms with E-state index in [9.17, 15) is 9.59 Å². The summed E-state index contributed by atoms with van der Waals surface area (Å²) in [7, 11) is 0. The lowest BCUT2D eigenvalue weighted by Crippen LogP contribution is -2.50. The molecule has 2 rings (SSSR count). The maximum Gasteiger partial charge on any atom is 0.319 e. The van der Waals surface area contributed by atoms with Crippen molar-refractivity contribution in [3.05, 3.63) is 0 Å². The van der Waals surface area contributed by atoms with Crippen LogP contribution in [0.3, 0.4) is 0 Å². The first-order valence-corrected chi connectivity index (χ1v) is 7.62. The number of esters is 1. The monoisotopic (exact) mass is 282 g/mol. The van der Waals surface area contributed by atoms with Crippen molar-refractivity contribution in [3.8, 4) is 0 Å². The number of rotatable bonds is 6. The van der Waals surface area contributed by atoms with Crippen molar-refractivity contribution < 1.29 is 14.3 Å². The van der Waals surface area contributed by atoms with Crippen molar-refractivity contribution in [1.82, 2.24) is 9.80 Å². The average molecular weight is 282 g/mol. The molecule has 0 N–H and O–H groups in total. The van der Waals surface area contributed by atoms with E-state index in [0.717, 1.165) is 32.2 Å². The summed E-state index contributed by atoms with van der Waals surface area (Å²) in [6.07, 6.45) is 2.66. The molecule has 0 aromatic heterocycles. The molecule has 20 heavy (non-hydrogen) atoms. The zero-order chi connectivity index (χ0) is 14.8. The lowest BCUT2D eigenvalue weighted by atomic mass is 9.87. The summed E-state index contributed by atoms with van der Waals surface area (Å²) in [5, 5.41) is 0. The first kappa shape index (κ1) is 15.4. The summed E-state index contributed by atoms with van der Waals surface area (Å²) in [6.45, 7) is 9.66.